The largest absolute Gasteiger partial charge is 0.383 e. The van der Waals surface area contributed by atoms with Gasteiger partial charge in [0.1, 0.15) is 5.82 Å². The van der Waals surface area contributed by atoms with Crippen LogP contribution in [0.15, 0.2) is 38.6 Å². The Morgan fingerprint density at radius 2 is 2.07 bits per heavy atom. The lowest BCUT2D eigenvalue weighted by Gasteiger charge is -2.09. The Balaban J connectivity index is 2.06. The van der Waals surface area contributed by atoms with Crippen molar-refractivity contribution in [3.05, 3.63) is 61.9 Å². The van der Waals surface area contributed by atoms with E-state index in [9.17, 15) is 4.79 Å². The summed E-state index contributed by atoms with van der Waals surface area (Å²) in [7, 11) is 1.70. The van der Waals surface area contributed by atoms with E-state index in [2.05, 4.69) is 52.4 Å². The summed E-state index contributed by atoms with van der Waals surface area (Å²) in [4.78, 5) is 17.9. The van der Waals surface area contributed by atoms with Crippen LogP contribution in [0.4, 0.5) is 0 Å². The van der Waals surface area contributed by atoms with E-state index in [0.29, 0.717) is 29.8 Å². The summed E-state index contributed by atoms with van der Waals surface area (Å²) in [6.45, 7) is 7.68. The van der Waals surface area contributed by atoms with Gasteiger partial charge in [-0.15, -0.1) is 0 Å². The van der Waals surface area contributed by atoms with Gasteiger partial charge in [-0.2, -0.15) is 9.78 Å². The molecule has 29 heavy (non-hydrogen) atoms. The van der Waals surface area contributed by atoms with Crippen molar-refractivity contribution in [2.45, 2.75) is 46.6 Å². The molecule has 6 nitrogen and oxygen atoms in total. The third kappa shape index (κ3) is 4.67. The molecule has 1 aromatic carbocycles. The molecule has 3 aromatic rings. The van der Waals surface area contributed by atoms with Crippen LogP contribution in [-0.4, -0.2) is 34.2 Å². The monoisotopic (exact) mass is 458 g/mol. The molecule has 154 valence electrons. The Labute approximate surface area is 179 Å². The molecule has 2 heterocycles. The van der Waals surface area contributed by atoms with Crippen LogP contribution in [0.2, 0.25) is 0 Å². The fourth-order valence-corrected chi connectivity index (χ4v) is 3.78. The summed E-state index contributed by atoms with van der Waals surface area (Å²) in [6.07, 6.45) is 4.45. The van der Waals surface area contributed by atoms with Crippen LogP contribution < -0.4 is 5.56 Å². The standard InChI is InChI=1S/C22H27BrN4O2/c1-5-6-7-21-25-20-9-8-18(23)13-19(20)22(28)27(21)24-14-17-12-15(2)26(16(17)3)10-11-29-4/h8-9,12-14H,5-7,10-11H2,1-4H3. The van der Waals surface area contributed by atoms with E-state index in [1.165, 1.54) is 4.68 Å². The van der Waals surface area contributed by atoms with E-state index < -0.39 is 0 Å². The number of methoxy groups -OCH3 is 1. The Morgan fingerprint density at radius 3 is 2.79 bits per heavy atom. The lowest BCUT2D eigenvalue weighted by Crippen LogP contribution is -2.22. The molecule has 7 heteroatoms. The third-order valence-corrected chi connectivity index (χ3v) is 5.57. The average Bonchev–Trinajstić information content (AvgIpc) is 2.97. The zero-order valence-electron chi connectivity index (χ0n) is 17.4. The van der Waals surface area contributed by atoms with E-state index in [1.54, 1.807) is 19.4 Å². The Kier molecular flexibility index (Phi) is 7.03. The maximum atomic E-state index is 13.2. The lowest BCUT2D eigenvalue weighted by molar-refractivity contribution is 0.186. The first-order valence-corrected chi connectivity index (χ1v) is 10.7. The van der Waals surface area contributed by atoms with E-state index in [4.69, 9.17) is 9.72 Å². The van der Waals surface area contributed by atoms with Crippen LogP contribution in [0, 0.1) is 13.8 Å². The van der Waals surface area contributed by atoms with E-state index >= 15 is 0 Å². The van der Waals surface area contributed by atoms with Crippen molar-refractivity contribution in [3.63, 3.8) is 0 Å². The molecular formula is C22H27BrN4O2. The molecule has 0 amide bonds. The van der Waals surface area contributed by atoms with Crippen LogP contribution in [0.5, 0.6) is 0 Å². The molecule has 0 bridgehead atoms. The Morgan fingerprint density at radius 1 is 1.28 bits per heavy atom. The molecule has 0 unspecified atom stereocenters. The number of nitrogens with zero attached hydrogens (tertiary/aromatic N) is 4. The van der Waals surface area contributed by atoms with Crippen molar-refractivity contribution in [2.24, 2.45) is 5.10 Å². The number of fused-ring (bicyclic) bond motifs is 1. The minimum absolute atomic E-state index is 0.146. The number of aryl methyl sites for hydroxylation is 2. The summed E-state index contributed by atoms with van der Waals surface area (Å²) in [5, 5.41) is 5.12. The number of benzene rings is 1. The van der Waals surface area contributed by atoms with Gasteiger partial charge in [0.15, 0.2) is 0 Å². The van der Waals surface area contributed by atoms with Gasteiger partial charge in [-0.3, -0.25) is 4.79 Å². The van der Waals surface area contributed by atoms with Gasteiger partial charge in [-0.05, 0) is 44.5 Å². The normalized spacial score (nSPS) is 11.8. The predicted octanol–water partition coefficient (Wildman–Crippen LogP) is 4.45. The molecule has 0 atom stereocenters. The first-order valence-electron chi connectivity index (χ1n) is 9.87. The third-order valence-electron chi connectivity index (χ3n) is 5.07. The van der Waals surface area contributed by atoms with Gasteiger partial charge in [-0.1, -0.05) is 29.3 Å². The topological polar surface area (TPSA) is 61.4 Å². The highest BCUT2D eigenvalue weighted by Crippen LogP contribution is 2.17. The van der Waals surface area contributed by atoms with Crippen LogP contribution >= 0.6 is 15.9 Å². The molecule has 0 spiro atoms. The smallest absolute Gasteiger partial charge is 0.282 e. The Bertz CT molecular complexity index is 1100. The first-order chi connectivity index (χ1) is 14.0. The minimum Gasteiger partial charge on any atom is -0.383 e. The highest BCUT2D eigenvalue weighted by atomic mass is 79.9. The number of unbranched alkanes of at least 4 members (excludes halogenated alkanes) is 1. The number of hydrogen-bond donors (Lipinski definition) is 0. The fourth-order valence-electron chi connectivity index (χ4n) is 3.42. The van der Waals surface area contributed by atoms with E-state index in [1.807, 2.05) is 12.1 Å². The molecular weight excluding hydrogens is 432 g/mol. The summed E-state index contributed by atoms with van der Waals surface area (Å²) in [6, 6.07) is 7.65. The molecule has 0 N–H and O–H groups in total. The summed E-state index contributed by atoms with van der Waals surface area (Å²) < 4.78 is 9.70. The Hall–Kier alpha value is -2.25. The molecule has 0 saturated carbocycles. The fraction of sp³-hybridized carbons (Fsp3) is 0.409. The van der Waals surface area contributed by atoms with Crippen molar-refractivity contribution in [1.82, 2.24) is 14.2 Å². The van der Waals surface area contributed by atoms with E-state index in [0.717, 1.165) is 40.8 Å². The van der Waals surface area contributed by atoms with Crippen LogP contribution in [0.1, 0.15) is 42.5 Å². The van der Waals surface area contributed by atoms with Crippen LogP contribution in [-0.2, 0) is 17.7 Å². The summed E-state index contributed by atoms with van der Waals surface area (Å²) >= 11 is 3.44. The molecule has 0 radical (unpaired) electrons. The quantitative estimate of drug-likeness (QED) is 0.468. The number of halogens is 1. The zero-order valence-corrected chi connectivity index (χ0v) is 19.0. The molecule has 0 fully saturated rings. The van der Waals surface area contributed by atoms with Gasteiger partial charge >= 0.3 is 0 Å². The van der Waals surface area contributed by atoms with Gasteiger partial charge in [0.2, 0.25) is 0 Å². The maximum Gasteiger partial charge on any atom is 0.282 e. The first kappa shape index (κ1) is 21.5. The minimum atomic E-state index is -0.146. The summed E-state index contributed by atoms with van der Waals surface area (Å²) in [5.74, 6) is 0.691. The molecule has 0 saturated heterocycles. The summed E-state index contributed by atoms with van der Waals surface area (Å²) in [5.41, 5.74) is 3.78. The molecule has 0 aliphatic heterocycles. The molecule has 0 aliphatic carbocycles. The number of ether oxygens (including phenoxy) is 1. The second-order valence-electron chi connectivity index (χ2n) is 7.13. The van der Waals surface area contributed by atoms with Gasteiger partial charge in [-0.25, -0.2) is 4.98 Å². The van der Waals surface area contributed by atoms with Crippen molar-refractivity contribution >= 4 is 33.0 Å². The van der Waals surface area contributed by atoms with Gasteiger partial charge in [0.25, 0.3) is 5.56 Å². The van der Waals surface area contributed by atoms with Crippen molar-refractivity contribution in [3.8, 4) is 0 Å². The SMILES string of the molecule is CCCCc1nc2ccc(Br)cc2c(=O)n1N=Cc1cc(C)n(CCOC)c1C. The zero-order chi connectivity index (χ0) is 21.0. The molecule has 2 aromatic heterocycles. The van der Waals surface area contributed by atoms with E-state index in [-0.39, 0.29) is 5.56 Å². The lowest BCUT2D eigenvalue weighted by atomic mass is 10.2. The maximum absolute atomic E-state index is 13.2. The second-order valence-corrected chi connectivity index (χ2v) is 8.04. The highest BCUT2D eigenvalue weighted by Gasteiger charge is 2.12. The predicted molar refractivity (Wildman–Crippen MR) is 121 cm³/mol. The second kappa shape index (κ2) is 9.50. The number of hydrogen-bond acceptors (Lipinski definition) is 4. The van der Waals surface area contributed by atoms with Gasteiger partial charge < -0.3 is 9.30 Å². The van der Waals surface area contributed by atoms with Gasteiger partial charge in [0.05, 0.1) is 23.7 Å². The van der Waals surface area contributed by atoms with Gasteiger partial charge in [0, 0.05) is 41.5 Å². The number of rotatable bonds is 8. The number of aromatic nitrogens is 3. The highest BCUT2D eigenvalue weighted by molar-refractivity contribution is 9.10. The van der Waals surface area contributed by atoms with Crippen molar-refractivity contribution < 1.29 is 4.74 Å². The molecule has 3 rings (SSSR count). The van der Waals surface area contributed by atoms with Crippen LogP contribution in [0.25, 0.3) is 10.9 Å². The van der Waals surface area contributed by atoms with Crippen molar-refractivity contribution in [1.29, 1.82) is 0 Å². The van der Waals surface area contributed by atoms with Crippen LogP contribution in [0.3, 0.4) is 0 Å². The molecule has 0 aliphatic rings. The average molecular weight is 459 g/mol. The van der Waals surface area contributed by atoms with Crippen molar-refractivity contribution in [2.75, 3.05) is 13.7 Å².